The Bertz CT molecular complexity index is 425. The highest BCUT2D eigenvalue weighted by Crippen LogP contribution is 2.13. The van der Waals surface area contributed by atoms with Crippen LogP contribution in [0.5, 0.6) is 23.0 Å². The number of phenolic OH excluding ortho intramolecular Hbond substituents is 4. The Morgan fingerprint density at radius 1 is 0.591 bits per heavy atom. The molecule has 0 unspecified atom stereocenters. The SMILES string of the molecule is O=C(O)O.Oc1ccc(O)cc1.Oc1ccc(O)cc1.[Mg][Mg]. The maximum atomic E-state index is 8.65. The lowest BCUT2D eigenvalue weighted by Gasteiger charge is -1.88. The van der Waals surface area contributed by atoms with Crippen molar-refractivity contribution in [2.75, 3.05) is 0 Å². The molecule has 9 heteroatoms. The molecular weight excluding hydrogens is 317 g/mol. The lowest BCUT2D eigenvalue weighted by Crippen LogP contribution is -1.81. The van der Waals surface area contributed by atoms with Crippen molar-refractivity contribution in [3.05, 3.63) is 48.5 Å². The van der Waals surface area contributed by atoms with Crippen molar-refractivity contribution in [2.45, 2.75) is 0 Å². The molecule has 0 aliphatic carbocycles. The number of carboxylic acid groups (broad SMARTS) is 2. The quantitative estimate of drug-likeness (QED) is 0.319. The summed E-state index contributed by atoms with van der Waals surface area (Å²) in [6.07, 6.45) is -1.83. The minimum Gasteiger partial charge on any atom is -0.508 e. The summed E-state index contributed by atoms with van der Waals surface area (Å²) >= 11 is 3.78. The van der Waals surface area contributed by atoms with E-state index in [1.54, 1.807) is 0 Å². The molecule has 0 heterocycles. The van der Waals surface area contributed by atoms with E-state index in [4.69, 9.17) is 35.4 Å². The number of aromatic hydroxyl groups is 4. The van der Waals surface area contributed by atoms with E-state index < -0.39 is 6.16 Å². The summed E-state index contributed by atoms with van der Waals surface area (Å²) in [6.45, 7) is 0. The van der Waals surface area contributed by atoms with Crippen LogP contribution in [0.1, 0.15) is 0 Å². The Hall–Kier alpha value is -1.56. The summed E-state index contributed by atoms with van der Waals surface area (Å²) in [7, 11) is 0. The Morgan fingerprint density at radius 2 is 0.682 bits per heavy atom. The monoisotopic (exact) mass is 330 g/mol. The van der Waals surface area contributed by atoms with Gasteiger partial charge in [0.1, 0.15) is 23.0 Å². The van der Waals surface area contributed by atoms with E-state index in [1.165, 1.54) is 48.5 Å². The molecule has 22 heavy (non-hydrogen) atoms. The number of hydrogen-bond donors (Lipinski definition) is 6. The molecule has 112 valence electrons. The van der Waals surface area contributed by atoms with Gasteiger partial charge < -0.3 is 30.6 Å². The third-order valence-corrected chi connectivity index (χ3v) is 1.70. The molecule has 2 radical (unpaired) electrons. The van der Waals surface area contributed by atoms with Crippen molar-refractivity contribution in [3.63, 3.8) is 0 Å². The van der Waals surface area contributed by atoms with Crippen LogP contribution in [0.3, 0.4) is 0 Å². The average Bonchev–Trinajstić information content (AvgIpc) is 2.48. The van der Waals surface area contributed by atoms with Crippen molar-refractivity contribution < 1.29 is 35.4 Å². The number of rotatable bonds is 0. The third kappa shape index (κ3) is 16.5. The van der Waals surface area contributed by atoms with Crippen LogP contribution in [-0.2, 0) is 0 Å². The van der Waals surface area contributed by atoms with Gasteiger partial charge in [-0.05, 0) is 48.5 Å². The first-order chi connectivity index (χ1) is 10.3. The highest BCUT2D eigenvalue weighted by molar-refractivity contribution is 6.75. The van der Waals surface area contributed by atoms with Crippen LogP contribution in [0.25, 0.3) is 0 Å². The van der Waals surface area contributed by atoms with Crippen LogP contribution < -0.4 is 0 Å². The molecule has 0 amide bonds. The van der Waals surface area contributed by atoms with Crippen molar-refractivity contribution in [2.24, 2.45) is 0 Å². The highest BCUT2D eigenvalue weighted by Gasteiger charge is 1.85. The smallest absolute Gasteiger partial charge is 0.503 e. The molecule has 0 aliphatic rings. The molecule has 7 nitrogen and oxygen atoms in total. The van der Waals surface area contributed by atoms with Crippen molar-refractivity contribution in [1.82, 2.24) is 0 Å². The van der Waals surface area contributed by atoms with E-state index >= 15 is 0 Å². The largest absolute Gasteiger partial charge is 0.508 e. The van der Waals surface area contributed by atoms with Crippen molar-refractivity contribution in [1.29, 1.82) is 0 Å². The average molecular weight is 331 g/mol. The summed E-state index contributed by atoms with van der Waals surface area (Å²) in [5.74, 6) is 0.677. The van der Waals surface area contributed by atoms with Gasteiger partial charge in [0.25, 0.3) is 0 Å². The zero-order valence-corrected chi connectivity index (χ0v) is 14.5. The van der Waals surface area contributed by atoms with Gasteiger partial charge in [-0.2, -0.15) is 0 Å². The number of hydrogen-bond acceptors (Lipinski definition) is 5. The predicted molar refractivity (Wildman–Crippen MR) is 81.7 cm³/mol. The van der Waals surface area contributed by atoms with Gasteiger partial charge >= 0.3 is 6.16 Å². The third-order valence-electron chi connectivity index (χ3n) is 1.70. The van der Waals surface area contributed by atoms with Crippen LogP contribution in [0.15, 0.2) is 48.5 Å². The molecule has 0 saturated heterocycles. The second kappa shape index (κ2) is 14.4. The molecule has 6 N–H and O–H groups in total. The Balaban J connectivity index is 0. The van der Waals surface area contributed by atoms with E-state index in [0.29, 0.717) is 0 Å². The number of phenols is 4. The first-order valence-corrected chi connectivity index (χ1v) is 9.69. The normalized spacial score (nSPS) is 7.73. The predicted octanol–water partition coefficient (Wildman–Crippen LogP) is 1.66. The Kier molecular flexibility index (Phi) is 14.9. The van der Waals surface area contributed by atoms with E-state index in [0.717, 1.165) is 0 Å². The zero-order chi connectivity index (χ0) is 17.5. The molecule has 2 aromatic carbocycles. The summed E-state index contributed by atoms with van der Waals surface area (Å²) < 4.78 is 0. The van der Waals surface area contributed by atoms with E-state index in [9.17, 15) is 0 Å². The first kappa shape index (κ1) is 22.7. The lowest BCUT2D eigenvalue weighted by molar-refractivity contribution is 0.137. The Labute approximate surface area is 148 Å². The van der Waals surface area contributed by atoms with Gasteiger partial charge in [-0.3, -0.25) is 0 Å². The summed E-state index contributed by atoms with van der Waals surface area (Å²) in [5, 5.41) is 48.5. The van der Waals surface area contributed by atoms with Gasteiger partial charge in [0.2, 0.25) is 0 Å². The summed E-state index contributed by atoms with van der Waals surface area (Å²) in [4.78, 5) is 8.56. The molecule has 0 aliphatic heterocycles. The summed E-state index contributed by atoms with van der Waals surface area (Å²) in [5.41, 5.74) is 0. The number of benzene rings is 2. The standard InChI is InChI=1S/2C6H6O2.CH2O3.2Mg/c2*7-5-1-2-6(8)4-3-5;2-1(3)4;;/h2*1-4,7-8H;(H2,2,3,4);;. The zero-order valence-electron chi connectivity index (χ0n) is 11.6. The van der Waals surface area contributed by atoms with E-state index in [1.807, 2.05) is 36.1 Å². The van der Waals surface area contributed by atoms with Gasteiger partial charge in [-0.1, -0.05) is 0 Å². The first-order valence-electron chi connectivity index (χ1n) is 5.69. The summed E-state index contributed by atoms with van der Waals surface area (Å²) in [6, 6.07) is 11.4. The van der Waals surface area contributed by atoms with Gasteiger partial charge in [-0.15, -0.1) is 0 Å². The minimum atomic E-state index is -1.83. The topological polar surface area (TPSA) is 138 Å². The van der Waals surface area contributed by atoms with Gasteiger partial charge in [-0.25, -0.2) is 4.79 Å². The van der Waals surface area contributed by atoms with Crippen LogP contribution in [-0.4, -0.2) is 72.9 Å². The lowest BCUT2D eigenvalue weighted by atomic mass is 10.3. The fourth-order valence-electron chi connectivity index (χ4n) is 0.905. The van der Waals surface area contributed by atoms with Gasteiger partial charge in [0.15, 0.2) is 0 Å². The second-order valence-corrected chi connectivity index (χ2v) is 3.32. The molecule has 0 fully saturated rings. The molecule has 2 aromatic rings. The molecule has 2 rings (SSSR count). The molecule has 0 aromatic heterocycles. The van der Waals surface area contributed by atoms with Crippen LogP contribution >= 0.6 is 0 Å². The second-order valence-electron chi connectivity index (χ2n) is 3.32. The van der Waals surface area contributed by atoms with Crippen molar-refractivity contribution >= 4 is 42.3 Å². The molecule has 0 bridgehead atoms. The molecule has 0 spiro atoms. The van der Waals surface area contributed by atoms with Crippen LogP contribution in [0.4, 0.5) is 4.79 Å². The van der Waals surface area contributed by atoms with Gasteiger partial charge in [0.05, 0.1) is 0 Å². The molecular formula is C13H14Mg2O7. The minimum absolute atomic E-state index is 0.169. The van der Waals surface area contributed by atoms with Crippen molar-refractivity contribution in [3.8, 4) is 23.0 Å². The number of carbonyl (C=O) groups is 1. The van der Waals surface area contributed by atoms with Crippen LogP contribution in [0.2, 0.25) is 0 Å². The molecule has 0 atom stereocenters. The molecule has 0 saturated carbocycles. The van der Waals surface area contributed by atoms with E-state index in [-0.39, 0.29) is 23.0 Å². The van der Waals surface area contributed by atoms with E-state index in [2.05, 4.69) is 0 Å². The van der Waals surface area contributed by atoms with Gasteiger partial charge in [0, 0.05) is 36.1 Å². The highest BCUT2D eigenvalue weighted by atomic mass is 25.3. The Morgan fingerprint density at radius 3 is 0.773 bits per heavy atom. The maximum absolute atomic E-state index is 8.65. The van der Waals surface area contributed by atoms with Crippen LogP contribution in [0, 0.1) is 0 Å². The fourth-order valence-corrected chi connectivity index (χ4v) is 0.905. The maximum Gasteiger partial charge on any atom is 0.503 e. The fraction of sp³-hybridized carbons (Fsp3) is 0.